The second kappa shape index (κ2) is 8.45. The van der Waals surface area contributed by atoms with E-state index < -0.39 is 6.04 Å². The van der Waals surface area contributed by atoms with Gasteiger partial charge >= 0.3 is 0 Å². The summed E-state index contributed by atoms with van der Waals surface area (Å²) in [7, 11) is 1.60. The standard InChI is InChI=1S/C22H21N3O3S/c1-28-17-9-7-16(8-10-17)25-19(26)12-11-18(20(25)15-5-3-2-4-6-15)21(27)24-22-23-13-14-29-22/h2-10,13-14,18,20H,11-12H2,1H3,(H,23,24,27). The van der Waals surface area contributed by atoms with Crippen LogP contribution in [0.1, 0.15) is 24.4 Å². The second-order valence-electron chi connectivity index (χ2n) is 6.79. The first kappa shape index (κ1) is 19.1. The van der Waals surface area contributed by atoms with Gasteiger partial charge in [0.15, 0.2) is 5.13 Å². The molecule has 1 aromatic heterocycles. The maximum atomic E-state index is 13.1. The van der Waals surface area contributed by atoms with Crippen LogP contribution in [0.25, 0.3) is 0 Å². The van der Waals surface area contributed by atoms with Gasteiger partial charge in [-0.15, -0.1) is 11.3 Å². The molecule has 0 saturated carbocycles. The number of piperidine rings is 1. The van der Waals surface area contributed by atoms with E-state index >= 15 is 0 Å². The predicted octanol–water partition coefficient (Wildman–Crippen LogP) is 4.27. The Morgan fingerprint density at radius 2 is 1.93 bits per heavy atom. The summed E-state index contributed by atoms with van der Waals surface area (Å²) in [6.45, 7) is 0. The van der Waals surface area contributed by atoms with Crippen LogP contribution in [0.15, 0.2) is 66.2 Å². The molecule has 4 rings (SSSR count). The molecule has 1 aliphatic heterocycles. The Bertz CT molecular complexity index is 974. The third-order valence-electron chi connectivity index (χ3n) is 5.09. The zero-order valence-electron chi connectivity index (χ0n) is 15.9. The van der Waals surface area contributed by atoms with Crippen molar-refractivity contribution < 1.29 is 14.3 Å². The number of aromatic nitrogens is 1. The number of methoxy groups -OCH3 is 1. The van der Waals surface area contributed by atoms with Gasteiger partial charge < -0.3 is 15.0 Å². The van der Waals surface area contributed by atoms with Crippen LogP contribution < -0.4 is 15.0 Å². The molecule has 2 aromatic carbocycles. The molecule has 0 radical (unpaired) electrons. The molecular weight excluding hydrogens is 386 g/mol. The van der Waals surface area contributed by atoms with Crippen molar-refractivity contribution >= 4 is 34.0 Å². The monoisotopic (exact) mass is 407 g/mol. The lowest BCUT2D eigenvalue weighted by atomic mass is 9.83. The Balaban J connectivity index is 1.72. The first-order chi connectivity index (χ1) is 14.2. The number of nitrogens with zero attached hydrogens (tertiary/aromatic N) is 2. The molecule has 1 fully saturated rings. The van der Waals surface area contributed by atoms with E-state index in [-0.39, 0.29) is 17.7 Å². The smallest absolute Gasteiger partial charge is 0.231 e. The van der Waals surface area contributed by atoms with Crippen LogP contribution in [0.2, 0.25) is 0 Å². The van der Waals surface area contributed by atoms with Crippen LogP contribution in [0.4, 0.5) is 10.8 Å². The van der Waals surface area contributed by atoms with Gasteiger partial charge in [-0.1, -0.05) is 30.3 Å². The van der Waals surface area contributed by atoms with E-state index in [2.05, 4.69) is 10.3 Å². The molecule has 7 heteroatoms. The fraction of sp³-hybridized carbons (Fsp3) is 0.227. The molecule has 0 bridgehead atoms. The first-order valence-electron chi connectivity index (χ1n) is 9.39. The largest absolute Gasteiger partial charge is 0.497 e. The van der Waals surface area contributed by atoms with E-state index in [0.29, 0.717) is 23.7 Å². The number of thiazole rings is 1. The molecule has 1 saturated heterocycles. The molecule has 1 N–H and O–H groups in total. The molecule has 2 atom stereocenters. The predicted molar refractivity (Wildman–Crippen MR) is 113 cm³/mol. The second-order valence-corrected chi connectivity index (χ2v) is 7.68. The van der Waals surface area contributed by atoms with Gasteiger partial charge in [0, 0.05) is 23.7 Å². The van der Waals surface area contributed by atoms with Crippen LogP contribution in [-0.4, -0.2) is 23.9 Å². The lowest BCUT2D eigenvalue weighted by Crippen LogP contribution is -2.46. The van der Waals surface area contributed by atoms with Crippen molar-refractivity contribution in [2.75, 3.05) is 17.3 Å². The summed E-state index contributed by atoms with van der Waals surface area (Å²) < 4.78 is 5.24. The molecule has 0 aliphatic carbocycles. The van der Waals surface area contributed by atoms with Crippen molar-refractivity contribution in [3.8, 4) is 5.75 Å². The Kier molecular flexibility index (Phi) is 5.57. The summed E-state index contributed by atoms with van der Waals surface area (Å²) in [4.78, 5) is 32.0. The Labute approximate surface area is 173 Å². The molecular formula is C22H21N3O3S. The number of nitrogens with one attached hydrogen (secondary N) is 1. The average molecular weight is 407 g/mol. The quantitative estimate of drug-likeness (QED) is 0.685. The lowest BCUT2D eigenvalue weighted by molar-refractivity contribution is -0.125. The Morgan fingerprint density at radius 1 is 1.17 bits per heavy atom. The summed E-state index contributed by atoms with van der Waals surface area (Å²) in [6.07, 6.45) is 2.45. The number of carbonyl (C=O) groups is 2. The van der Waals surface area contributed by atoms with Crippen LogP contribution in [-0.2, 0) is 9.59 Å². The van der Waals surface area contributed by atoms with Crippen molar-refractivity contribution in [3.05, 3.63) is 71.7 Å². The molecule has 29 heavy (non-hydrogen) atoms. The minimum absolute atomic E-state index is 0.00215. The fourth-order valence-corrected chi connectivity index (χ4v) is 4.26. The van der Waals surface area contributed by atoms with Gasteiger partial charge in [-0.05, 0) is 36.2 Å². The summed E-state index contributed by atoms with van der Waals surface area (Å²) in [5.41, 5.74) is 1.67. The number of carbonyl (C=O) groups excluding carboxylic acids is 2. The number of hydrogen-bond acceptors (Lipinski definition) is 5. The van der Waals surface area contributed by atoms with Crippen molar-refractivity contribution in [1.29, 1.82) is 0 Å². The summed E-state index contributed by atoms with van der Waals surface area (Å²) in [5, 5.41) is 5.29. The van der Waals surface area contributed by atoms with E-state index in [1.807, 2.05) is 60.0 Å². The van der Waals surface area contributed by atoms with Crippen LogP contribution in [0, 0.1) is 5.92 Å². The molecule has 2 heterocycles. The lowest BCUT2D eigenvalue weighted by Gasteiger charge is -2.40. The number of anilines is 2. The van der Waals surface area contributed by atoms with Crippen LogP contribution >= 0.6 is 11.3 Å². The maximum absolute atomic E-state index is 13.1. The first-order valence-corrected chi connectivity index (χ1v) is 10.3. The van der Waals surface area contributed by atoms with Gasteiger partial charge in [0.2, 0.25) is 11.8 Å². The van der Waals surface area contributed by atoms with Gasteiger partial charge in [0.25, 0.3) is 0 Å². The van der Waals surface area contributed by atoms with E-state index in [1.54, 1.807) is 18.2 Å². The minimum Gasteiger partial charge on any atom is -0.497 e. The average Bonchev–Trinajstić information content (AvgIpc) is 3.27. The Hall–Kier alpha value is -3.19. The normalized spacial score (nSPS) is 19.1. The van der Waals surface area contributed by atoms with Gasteiger partial charge in [-0.25, -0.2) is 4.98 Å². The third kappa shape index (κ3) is 4.00. The topological polar surface area (TPSA) is 71.5 Å². The summed E-state index contributed by atoms with van der Waals surface area (Å²) in [5.74, 6) is 0.204. The zero-order valence-corrected chi connectivity index (χ0v) is 16.8. The van der Waals surface area contributed by atoms with Gasteiger partial charge in [-0.3, -0.25) is 9.59 Å². The zero-order chi connectivity index (χ0) is 20.2. The maximum Gasteiger partial charge on any atom is 0.231 e. The minimum atomic E-state index is -0.397. The number of amides is 2. The fourth-order valence-electron chi connectivity index (χ4n) is 3.73. The summed E-state index contributed by atoms with van der Waals surface area (Å²) in [6, 6.07) is 16.7. The number of rotatable bonds is 5. The van der Waals surface area contributed by atoms with Crippen molar-refractivity contribution in [2.24, 2.45) is 5.92 Å². The summed E-state index contributed by atoms with van der Waals surface area (Å²) >= 11 is 1.38. The third-order valence-corrected chi connectivity index (χ3v) is 5.78. The highest BCUT2D eigenvalue weighted by Gasteiger charge is 2.41. The highest BCUT2D eigenvalue weighted by molar-refractivity contribution is 7.13. The molecule has 2 amide bonds. The van der Waals surface area contributed by atoms with Crippen molar-refractivity contribution in [1.82, 2.24) is 4.98 Å². The molecule has 148 valence electrons. The van der Waals surface area contributed by atoms with Crippen LogP contribution in [0.5, 0.6) is 5.75 Å². The highest BCUT2D eigenvalue weighted by atomic mass is 32.1. The molecule has 0 spiro atoms. The SMILES string of the molecule is COc1ccc(N2C(=O)CCC(C(=O)Nc3nccs3)C2c2ccccc2)cc1. The van der Waals surface area contributed by atoms with Crippen molar-refractivity contribution in [2.45, 2.75) is 18.9 Å². The molecule has 3 aromatic rings. The van der Waals surface area contributed by atoms with Gasteiger partial charge in [0.05, 0.1) is 19.1 Å². The van der Waals surface area contributed by atoms with Crippen LogP contribution in [0.3, 0.4) is 0 Å². The number of hydrogen-bond donors (Lipinski definition) is 1. The highest BCUT2D eigenvalue weighted by Crippen LogP contribution is 2.40. The van der Waals surface area contributed by atoms with E-state index in [0.717, 1.165) is 11.3 Å². The van der Waals surface area contributed by atoms with E-state index in [9.17, 15) is 9.59 Å². The number of benzene rings is 2. The molecule has 6 nitrogen and oxygen atoms in total. The van der Waals surface area contributed by atoms with Gasteiger partial charge in [-0.2, -0.15) is 0 Å². The Morgan fingerprint density at radius 3 is 2.59 bits per heavy atom. The van der Waals surface area contributed by atoms with E-state index in [1.165, 1.54) is 11.3 Å². The van der Waals surface area contributed by atoms with Crippen molar-refractivity contribution in [3.63, 3.8) is 0 Å². The van der Waals surface area contributed by atoms with E-state index in [4.69, 9.17) is 4.74 Å². The molecule has 2 unspecified atom stereocenters. The number of ether oxygens (including phenoxy) is 1. The molecule has 1 aliphatic rings. The van der Waals surface area contributed by atoms with Gasteiger partial charge in [0.1, 0.15) is 5.75 Å².